The number of anilines is 5. The first-order valence-corrected chi connectivity index (χ1v) is 9.54. The van der Waals surface area contributed by atoms with Gasteiger partial charge in [-0.1, -0.05) is 6.07 Å². The minimum atomic E-state index is -0.000970. The highest BCUT2D eigenvalue weighted by atomic mass is 32.2. The summed E-state index contributed by atoms with van der Waals surface area (Å²) in [5, 5.41) is 18.3. The summed E-state index contributed by atoms with van der Waals surface area (Å²) in [6, 6.07) is 15.1. The summed E-state index contributed by atoms with van der Waals surface area (Å²) in [6.07, 6.45) is 1.72. The molecule has 0 saturated carbocycles. The van der Waals surface area contributed by atoms with Crippen LogP contribution in [0.4, 0.5) is 28.8 Å². The fourth-order valence-electron chi connectivity index (χ4n) is 2.72. The SMILES string of the molecule is Cc1cnc(Nc2cccc(C#N)c2)nc1Nc1ccc2c(c1)NC(=O)CS2. The molecule has 0 spiro atoms. The van der Waals surface area contributed by atoms with E-state index < -0.39 is 0 Å². The van der Waals surface area contributed by atoms with Gasteiger partial charge >= 0.3 is 0 Å². The molecule has 1 aromatic heterocycles. The topological polar surface area (TPSA) is 103 Å². The minimum absolute atomic E-state index is 0.000970. The normalized spacial score (nSPS) is 12.5. The summed E-state index contributed by atoms with van der Waals surface area (Å²) in [7, 11) is 0. The van der Waals surface area contributed by atoms with Crippen molar-refractivity contribution < 1.29 is 4.79 Å². The maximum atomic E-state index is 11.6. The van der Waals surface area contributed by atoms with Crippen molar-refractivity contribution in [2.75, 3.05) is 21.7 Å². The van der Waals surface area contributed by atoms with Gasteiger partial charge in [0.1, 0.15) is 5.82 Å². The number of thioether (sulfide) groups is 1. The summed E-state index contributed by atoms with van der Waals surface area (Å²) in [5.74, 6) is 1.51. The van der Waals surface area contributed by atoms with E-state index in [4.69, 9.17) is 5.26 Å². The fourth-order valence-corrected chi connectivity index (χ4v) is 3.51. The van der Waals surface area contributed by atoms with Gasteiger partial charge in [-0.05, 0) is 43.3 Å². The number of benzene rings is 2. The molecule has 138 valence electrons. The Morgan fingerprint density at radius 2 is 2.04 bits per heavy atom. The van der Waals surface area contributed by atoms with Gasteiger partial charge in [-0.2, -0.15) is 10.2 Å². The first-order valence-electron chi connectivity index (χ1n) is 8.55. The van der Waals surface area contributed by atoms with Crippen molar-refractivity contribution in [2.24, 2.45) is 0 Å². The number of amides is 1. The molecule has 0 radical (unpaired) electrons. The molecule has 3 N–H and O–H groups in total. The van der Waals surface area contributed by atoms with E-state index in [1.165, 1.54) is 11.8 Å². The molecule has 3 aromatic rings. The largest absolute Gasteiger partial charge is 0.340 e. The number of nitriles is 1. The Balaban J connectivity index is 1.57. The van der Waals surface area contributed by atoms with Gasteiger partial charge in [0, 0.05) is 28.0 Å². The van der Waals surface area contributed by atoms with E-state index in [1.807, 2.05) is 31.2 Å². The van der Waals surface area contributed by atoms with Crippen LogP contribution in [0.2, 0.25) is 0 Å². The van der Waals surface area contributed by atoms with Crippen molar-refractivity contribution >= 4 is 46.5 Å². The Kier molecular flexibility index (Phi) is 4.83. The zero-order valence-electron chi connectivity index (χ0n) is 15.0. The molecule has 0 aliphatic carbocycles. The van der Waals surface area contributed by atoms with Crippen LogP contribution in [0.5, 0.6) is 0 Å². The van der Waals surface area contributed by atoms with E-state index in [9.17, 15) is 4.79 Å². The van der Waals surface area contributed by atoms with Crippen LogP contribution in [0.3, 0.4) is 0 Å². The molecule has 0 bridgehead atoms. The van der Waals surface area contributed by atoms with Crippen molar-refractivity contribution in [1.29, 1.82) is 5.26 Å². The third kappa shape index (κ3) is 3.89. The average Bonchev–Trinajstić information content (AvgIpc) is 2.70. The van der Waals surface area contributed by atoms with Gasteiger partial charge in [-0.15, -0.1) is 11.8 Å². The fraction of sp³-hybridized carbons (Fsp3) is 0.100. The van der Waals surface area contributed by atoms with E-state index in [-0.39, 0.29) is 5.91 Å². The van der Waals surface area contributed by atoms with Gasteiger partial charge < -0.3 is 16.0 Å². The van der Waals surface area contributed by atoms with Crippen LogP contribution in [0.15, 0.2) is 53.6 Å². The number of rotatable bonds is 4. The van der Waals surface area contributed by atoms with Crippen LogP contribution in [0.1, 0.15) is 11.1 Å². The molecule has 0 fully saturated rings. The highest BCUT2D eigenvalue weighted by molar-refractivity contribution is 8.00. The van der Waals surface area contributed by atoms with E-state index in [0.717, 1.165) is 27.5 Å². The number of nitrogens with one attached hydrogen (secondary N) is 3. The second-order valence-corrected chi connectivity index (χ2v) is 7.23. The highest BCUT2D eigenvalue weighted by Gasteiger charge is 2.16. The Morgan fingerprint density at radius 3 is 2.89 bits per heavy atom. The standard InChI is InChI=1S/C20H16N6OS/c1-12-10-22-20(24-14-4-2-3-13(7-14)9-21)26-19(12)23-15-5-6-17-16(8-15)25-18(27)11-28-17/h2-8,10H,11H2,1H3,(H,25,27)(H2,22,23,24,26). The number of aryl methyl sites for hydroxylation is 1. The van der Waals surface area contributed by atoms with E-state index >= 15 is 0 Å². The molecular formula is C20H16N6OS. The third-order valence-electron chi connectivity index (χ3n) is 4.09. The van der Waals surface area contributed by atoms with Gasteiger partial charge in [0.05, 0.1) is 23.1 Å². The lowest BCUT2D eigenvalue weighted by molar-refractivity contribution is -0.113. The number of aromatic nitrogens is 2. The molecule has 2 aromatic carbocycles. The molecule has 8 heteroatoms. The van der Waals surface area contributed by atoms with Crippen molar-refractivity contribution in [3.05, 3.63) is 59.8 Å². The zero-order valence-corrected chi connectivity index (χ0v) is 15.8. The molecule has 1 aliphatic rings. The number of fused-ring (bicyclic) bond motifs is 1. The number of nitrogens with zero attached hydrogens (tertiary/aromatic N) is 3. The van der Waals surface area contributed by atoms with Gasteiger partial charge in [-0.25, -0.2) is 4.98 Å². The van der Waals surface area contributed by atoms with Crippen molar-refractivity contribution in [3.8, 4) is 6.07 Å². The maximum absolute atomic E-state index is 11.6. The zero-order chi connectivity index (χ0) is 19.5. The van der Waals surface area contributed by atoms with Crippen molar-refractivity contribution in [1.82, 2.24) is 9.97 Å². The van der Waals surface area contributed by atoms with Gasteiger partial charge in [0.15, 0.2) is 0 Å². The van der Waals surface area contributed by atoms with Crippen molar-refractivity contribution in [2.45, 2.75) is 11.8 Å². The summed E-state index contributed by atoms with van der Waals surface area (Å²) >= 11 is 1.52. The molecule has 2 heterocycles. The summed E-state index contributed by atoms with van der Waals surface area (Å²) in [4.78, 5) is 21.5. The minimum Gasteiger partial charge on any atom is -0.340 e. The second kappa shape index (κ2) is 7.58. The number of carbonyl (C=O) groups excluding carboxylic acids is 1. The van der Waals surface area contributed by atoms with Crippen molar-refractivity contribution in [3.63, 3.8) is 0 Å². The lowest BCUT2D eigenvalue weighted by atomic mass is 10.2. The Labute approximate surface area is 166 Å². The first-order chi connectivity index (χ1) is 13.6. The van der Waals surface area contributed by atoms with Crippen LogP contribution in [-0.2, 0) is 4.79 Å². The number of hydrogen-bond acceptors (Lipinski definition) is 7. The van der Waals surface area contributed by atoms with Crippen LogP contribution >= 0.6 is 11.8 Å². The first kappa shape index (κ1) is 17.8. The number of hydrogen-bond donors (Lipinski definition) is 3. The monoisotopic (exact) mass is 388 g/mol. The van der Waals surface area contributed by atoms with Crippen LogP contribution < -0.4 is 16.0 Å². The lowest BCUT2D eigenvalue weighted by Gasteiger charge is -2.18. The molecule has 1 amide bonds. The van der Waals surface area contributed by atoms with Gasteiger partial charge in [-0.3, -0.25) is 4.79 Å². The predicted octanol–water partition coefficient (Wildman–Crippen LogP) is 4.19. The third-order valence-corrected chi connectivity index (χ3v) is 5.17. The molecular weight excluding hydrogens is 372 g/mol. The summed E-state index contributed by atoms with van der Waals surface area (Å²) in [6.45, 7) is 1.92. The van der Waals surface area contributed by atoms with Gasteiger partial charge in [0.2, 0.25) is 11.9 Å². The molecule has 7 nitrogen and oxygen atoms in total. The summed E-state index contributed by atoms with van der Waals surface area (Å²) in [5.41, 5.74) is 3.80. The van der Waals surface area contributed by atoms with Crippen LogP contribution in [0, 0.1) is 18.3 Å². The van der Waals surface area contributed by atoms with E-state index in [2.05, 4.69) is 32.0 Å². The average molecular weight is 388 g/mol. The summed E-state index contributed by atoms with van der Waals surface area (Å²) < 4.78 is 0. The Morgan fingerprint density at radius 1 is 1.18 bits per heavy atom. The molecule has 0 unspecified atom stereocenters. The maximum Gasteiger partial charge on any atom is 0.234 e. The van der Waals surface area contributed by atoms with E-state index in [1.54, 1.807) is 24.4 Å². The van der Waals surface area contributed by atoms with Crippen LogP contribution in [0.25, 0.3) is 0 Å². The molecule has 1 aliphatic heterocycles. The highest BCUT2D eigenvalue weighted by Crippen LogP contribution is 2.34. The van der Waals surface area contributed by atoms with Gasteiger partial charge in [0.25, 0.3) is 0 Å². The molecule has 0 atom stereocenters. The molecule has 0 saturated heterocycles. The Bertz CT molecular complexity index is 1110. The quantitative estimate of drug-likeness (QED) is 0.616. The van der Waals surface area contributed by atoms with Crippen LogP contribution in [-0.4, -0.2) is 21.6 Å². The smallest absolute Gasteiger partial charge is 0.234 e. The molecule has 4 rings (SSSR count). The Hall–Kier alpha value is -3.57. The van der Waals surface area contributed by atoms with E-state index in [0.29, 0.717) is 23.1 Å². The molecule has 28 heavy (non-hydrogen) atoms. The lowest BCUT2D eigenvalue weighted by Crippen LogP contribution is -2.18. The second-order valence-electron chi connectivity index (χ2n) is 6.22. The predicted molar refractivity (Wildman–Crippen MR) is 110 cm³/mol. The number of carbonyl (C=O) groups is 1.